The second-order valence-electron chi connectivity index (χ2n) is 4.47. The van der Waals surface area contributed by atoms with Gasteiger partial charge >= 0.3 is 0 Å². The van der Waals surface area contributed by atoms with Crippen molar-refractivity contribution in [1.29, 1.82) is 0 Å². The number of nitrogens with two attached hydrogens (primary N) is 1. The van der Waals surface area contributed by atoms with E-state index in [0.29, 0.717) is 10.8 Å². The predicted molar refractivity (Wildman–Crippen MR) is 85.0 cm³/mol. The molecule has 106 valence electrons. The molecule has 0 amide bonds. The molecule has 0 aliphatic rings. The number of nitrogens with zero attached hydrogens (tertiary/aromatic N) is 1. The molecule has 0 bridgehead atoms. The van der Waals surface area contributed by atoms with E-state index in [1.807, 2.05) is 31.2 Å². The Balaban J connectivity index is 2.32. The van der Waals surface area contributed by atoms with E-state index in [1.165, 1.54) is 0 Å². The zero-order chi connectivity index (χ0) is 14.5. The third kappa shape index (κ3) is 3.72. The summed E-state index contributed by atoms with van der Waals surface area (Å²) in [4.78, 5) is 4.03. The maximum absolute atomic E-state index is 6.20. The van der Waals surface area contributed by atoms with Crippen LogP contribution < -0.4 is 10.5 Å². The van der Waals surface area contributed by atoms with Crippen molar-refractivity contribution in [2.45, 2.75) is 25.5 Å². The molecule has 1 heterocycles. The van der Waals surface area contributed by atoms with E-state index in [-0.39, 0.29) is 12.1 Å². The van der Waals surface area contributed by atoms with Gasteiger partial charge in [-0.05, 0) is 12.5 Å². The van der Waals surface area contributed by atoms with Gasteiger partial charge in [0.1, 0.15) is 11.9 Å². The van der Waals surface area contributed by atoms with Gasteiger partial charge in [0.2, 0.25) is 0 Å². The summed E-state index contributed by atoms with van der Waals surface area (Å²) in [5, 5.41) is 0.540. The number of benzene rings is 1. The highest BCUT2D eigenvalue weighted by atomic mass is 79.9. The lowest BCUT2D eigenvalue weighted by atomic mass is 10.0. The molecule has 20 heavy (non-hydrogen) atoms. The quantitative estimate of drug-likeness (QED) is 0.867. The Morgan fingerprint density at radius 3 is 2.75 bits per heavy atom. The first kappa shape index (κ1) is 15.3. The first-order valence-electron chi connectivity index (χ1n) is 6.39. The summed E-state index contributed by atoms with van der Waals surface area (Å²) in [7, 11) is 0. The molecule has 2 atom stereocenters. The van der Waals surface area contributed by atoms with E-state index in [4.69, 9.17) is 22.1 Å². The second-order valence-corrected chi connectivity index (χ2v) is 5.76. The molecular formula is C15H16BrClN2O. The highest BCUT2D eigenvalue weighted by Crippen LogP contribution is 2.31. The fourth-order valence-electron chi connectivity index (χ4n) is 1.90. The van der Waals surface area contributed by atoms with Crippen LogP contribution in [0.2, 0.25) is 5.02 Å². The number of hydrogen-bond donors (Lipinski definition) is 1. The minimum atomic E-state index is -0.254. The van der Waals surface area contributed by atoms with Crippen LogP contribution in [-0.2, 0) is 0 Å². The maximum atomic E-state index is 6.20. The molecule has 0 spiro atoms. The van der Waals surface area contributed by atoms with Gasteiger partial charge in [0, 0.05) is 28.3 Å². The van der Waals surface area contributed by atoms with Crippen molar-refractivity contribution < 1.29 is 4.74 Å². The molecule has 0 aliphatic carbocycles. The van der Waals surface area contributed by atoms with Crippen LogP contribution in [0.4, 0.5) is 0 Å². The minimum absolute atomic E-state index is 0.118. The lowest BCUT2D eigenvalue weighted by molar-refractivity contribution is 0.169. The molecule has 2 aromatic rings. The average molecular weight is 356 g/mol. The Labute approximate surface area is 132 Å². The molecule has 3 nitrogen and oxygen atoms in total. The summed E-state index contributed by atoms with van der Waals surface area (Å²) in [5.74, 6) is 0.613. The number of rotatable bonds is 5. The molecule has 0 radical (unpaired) electrons. The van der Waals surface area contributed by atoms with Crippen molar-refractivity contribution in [2.24, 2.45) is 5.73 Å². The highest BCUT2D eigenvalue weighted by Gasteiger charge is 2.22. The molecule has 0 saturated heterocycles. The standard InChI is InChI=1S/C15H16BrClN2O/c1-2-14(18)15(12-5-3-4-6-13(12)16)20-11-7-10(17)8-19-9-11/h3-9,14-15H,2,18H2,1H3. The van der Waals surface area contributed by atoms with Crippen molar-refractivity contribution in [1.82, 2.24) is 4.98 Å². The van der Waals surface area contributed by atoms with Crippen LogP contribution in [0, 0.1) is 0 Å². The molecule has 0 saturated carbocycles. The topological polar surface area (TPSA) is 48.1 Å². The van der Waals surface area contributed by atoms with Crippen LogP contribution in [0.15, 0.2) is 47.2 Å². The van der Waals surface area contributed by atoms with Gasteiger partial charge < -0.3 is 10.5 Å². The van der Waals surface area contributed by atoms with Gasteiger partial charge in [-0.2, -0.15) is 0 Å². The highest BCUT2D eigenvalue weighted by molar-refractivity contribution is 9.10. The summed E-state index contributed by atoms with van der Waals surface area (Å²) in [6, 6.07) is 9.53. The van der Waals surface area contributed by atoms with Crippen molar-refractivity contribution in [3.8, 4) is 5.75 Å². The van der Waals surface area contributed by atoms with Crippen LogP contribution in [0.25, 0.3) is 0 Å². The van der Waals surface area contributed by atoms with Crippen LogP contribution in [-0.4, -0.2) is 11.0 Å². The SMILES string of the molecule is CCC(N)C(Oc1cncc(Cl)c1)c1ccccc1Br. The van der Waals surface area contributed by atoms with Crippen LogP contribution in [0.1, 0.15) is 25.0 Å². The van der Waals surface area contributed by atoms with Crippen LogP contribution in [0.5, 0.6) is 5.75 Å². The Bertz CT molecular complexity index is 579. The third-order valence-corrected chi connectivity index (χ3v) is 3.94. The summed E-state index contributed by atoms with van der Waals surface area (Å²) in [6.07, 6.45) is 3.76. The van der Waals surface area contributed by atoms with E-state index >= 15 is 0 Å². The molecule has 2 N–H and O–H groups in total. The average Bonchev–Trinajstić information content (AvgIpc) is 2.45. The van der Waals surface area contributed by atoms with Gasteiger partial charge in [0.15, 0.2) is 0 Å². The molecule has 2 rings (SSSR count). The number of halogens is 2. The first-order chi connectivity index (χ1) is 9.61. The molecule has 1 aromatic heterocycles. The number of aromatic nitrogens is 1. The summed E-state index contributed by atoms with van der Waals surface area (Å²) < 4.78 is 6.99. The molecule has 0 fully saturated rings. The number of hydrogen-bond acceptors (Lipinski definition) is 3. The van der Waals surface area contributed by atoms with Gasteiger partial charge in [0.05, 0.1) is 11.2 Å². The summed E-state index contributed by atoms with van der Waals surface area (Å²) in [5.41, 5.74) is 7.22. The largest absolute Gasteiger partial charge is 0.482 e. The first-order valence-corrected chi connectivity index (χ1v) is 7.56. The van der Waals surface area contributed by atoms with E-state index in [9.17, 15) is 0 Å². The van der Waals surface area contributed by atoms with E-state index in [1.54, 1.807) is 18.5 Å². The third-order valence-electron chi connectivity index (χ3n) is 3.01. The van der Waals surface area contributed by atoms with Gasteiger partial charge in [-0.15, -0.1) is 0 Å². The van der Waals surface area contributed by atoms with Crippen LogP contribution in [0.3, 0.4) is 0 Å². The van der Waals surface area contributed by atoms with Gasteiger partial charge in [-0.1, -0.05) is 52.7 Å². The smallest absolute Gasteiger partial charge is 0.140 e. The van der Waals surface area contributed by atoms with Crippen molar-refractivity contribution in [2.75, 3.05) is 0 Å². The molecule has 0 aliphatic heterocycles. The minimum Gasteiger partial charge on any atom is -0.482 e. The molecule has 5 heteroatoms. The Morgan fingerprint density at radius 2 is 2.10 bits per heavy atom. The van der Waals surface area contributed by atoms with Crippen LogP contribution >= 0.6 is 27.5 Å². The Hall–Kier alpha value is -1.10. The van der Waals surface area contributed by atoms with Crippen molar-refractivity contribution in [3.05, 3.63) is 57.8 Å². The summed E-state index contributed by atoms with van der Waals surface area (Å²) in [6.45, 7) is 2.04. The number of ether oxygens (including phenoxy) is 1. The van der Waals surface area contributed by atoms with Gasteiger partial charge in [-0.3, -0.25) is 4.98 Å². The van der Waals surface area contributed by atoms with Crippen molar-refractivity contribution >= 4 is 27.5 Å². The molecule has 2 unspecified atom stereocenters. The monoisotopic (exact) mass is 354 g/mol. The van der Waals surface area contributed by atoms with Crippen molar-refractivity contribution in [3.63, 3.8) is 0 Å². The zero-order valence-electron chi connectivity index (χ0n) is 11.1. The lowest BCUT2D eigenvalue weighted by Crippen LogP contribution is -2.31. The van der Waals surface area contributed by atoms with E-state index in [2.05, 4.69) is 20.9 Å². The Morgan fingerprint density at radius 1 is 1.35 bits per heavy atom. The predicted octanol–water partition coefficient (Wildman–Crippen LogP) is 4.35. The fourth-order valence-corrected chi connectivity index (χ4v) is 2.58. The van der Waals surface area contributed by atoms with E-state index in [0.717, 1.165) is 16.5 Å². The second kappa shape index (κ2) is 7.07. The normalized spacial score (nSPS) is 13.8. The Kier molecular flexibility index (Phi) is 5.40. The summed E-state index contributed by atoms with van der Waals surface area (Å²) >= 11 is 9.48. The van der Waals surface area contributed by atoms with E-state index < -0.39 is 0 Å². The maximum Gasteiger partial charge on any atom is 0.140 e. The number of pyridine rings is 1. The van der Waals surface area contributed by atoms with Gasteiger partial charge in [0.25, 0.3) is 0 Å². The van der Waals surface area contributed by atoms with Gasteiger partial charge in [-0.25, -0.2) is 0 Å². The molecule has 1 aromatic carbocycles. The lowest BCUT2D eigenvalue weighted by Gasteiger charge is -2.25. The zero-order valence-corrected chi connectivity index (χ0v) is 13.4. The fraction of sp³-hybridized carbons (Fsp3) is 0.267. The molecular weight excluding hydrogens is 340 g/mol.